The van der Waals surface area contributed by atoms with Crippen LogP contribution in [0.4, 0.5) is 20.4 Å². The predicted molar refractivity (Wildman–Crippen MR) is 201 cm³/mol. The Morgan fingerprint density at radius 3 is 2.51 bits per heavy atom. The molecule has 10 nitrogen and oxygen atoms in total. The van der Waals surface area contributed by atoms with Crippen molar-refractivity contribution in [2.45, 2.75) is 58.3 Å². The van der Waals surface area contributed by atoms with E-state index in [2.05, 4.69) is 48.7 Å². The molecule has 12 heteroatoms. The number of aryl methyl sites for hydroxylation is 1. The minimum Gasteiger partial charge on any atom is -0.508 e. The summed E-state index contributed by atoms with van der Waals surface area (Å²) < 4.78 is 43.2. The fourth-order valence-corrected chi connectivity index (χ4v) is 8.26. The molecule has 0 radical (unpaired) electrons. The van der Waals surface area contributed by atoms with Gasteiger partial charge in [0, 0.05) is 62.4 Å². The fourth-order valence-electron chi connectivity index (χ4n) is 8.26. The number of hydrogen-bond acceptors (Lipinski definition) is 10. The highest BCUT2D eigenvalue weighted by Crippen LogP contribution is 2.39. The summed E-state index contributed by atoms with van der Waals surface area (Å²) in [5.74, 6) is 4.84. The summed E-state index contributed by atoms with van der Waals surface area (Å²) in [6.07, 6.45) is 15.9. The molecule has 6 heterocycles. The Labute approximate surface area is 308 Å². The van der Waals surface area contributed by atoms with E-state index in [-0.39, 0.29) is 34.1 Å². The van der Waals surface area contributed by atoms with Gasteiger partial charge in [0.15, 0.2) is 11.6 Å². The maximum absolute atomic E-state index is 16.8. The maximum atomic E-state index is 16.8. The molecule has 1 N–H and O–H groups in total. The number of phenolic OH excluding ortho intramolecular Hbond substituents is 1. The normalized spacial score (nSPS) is 17.6. The average molecular weight is 722 g/mol. The molecule has 2 aromatic carbocycles. The van der Waals surface area contributed by atoms with Crippen molar-refractivity contribution in [3.63, 3.8) is 0 Å². The standard InChI is InChI=1S/C41H45F2N7O3/c1-3-30-22-35(47-53-30)50-24-27(25-50)19-26-11-15-48(16-12-26)17-18-52-41-45-39-33(40(46-41)49-13-7-5-6-8-14-49)23-44-38(37(39)43)32-21-29(51)20-28-9-10-34(42)31(4-2)36(28)32/h2,9-10,20-23,26-27,51H,3,5-8,11-19,24-25H2,1H3. The molecule has 53 heavy (non-hydrogen) atoms. The maximum Gasteiger partial charge on any atom is 0.319 e. The molecule has 0 spiro atoms. The predicted octanol–water partition coefficient (Wildman–Crippen LogP) is 7.36. The van der Waals surface area contributed by atoms with E-state index in [0.29, 0.717) is 40.4 Å². The zero-order valence-electron chi connectivity index (χ0n) is 30.2. The number of aromatic nitrogens is 4. The molecule has 3 fully saturated rings. The van der Waals surface area contributed by atoms with Crippen LogP contribution in [0.25, 0.3) is 32.9 Å². The van der Waals surface area contributed by atoms with Gasteiger partial charge in [-0.05, 0) is 80.6 Å². The third-order valence-corrected chi connectivity index (χ3v) is 11.2. The van der Waals surface area contributed by atoms with Gasteiger partial charge in [-0.1, -0.05) is 36.9 Å². The van der Waals surface area contributed by atoms with Crippen LogP contribution in [0.3, 0.4) is 0 Å². The summed E-state index contributed by atoms with van der Waals surface area (Å²) in [6.45, 7) is 8.83. The lowest BCUT2D eigenvalue weighted by atomic mass is 9.83. The second-order valence-corrected chi connectivity index (χ2v) is 14.7. The number of piperidine rings is 1. The van der Waals surface area contributed by atoms with Gasteiger partial charge < -0.3 is 24.2 Å². The van der Waals surface area contributed by atoms with Crippen molar-refractivity contribution in [3.8, 4) is 35.4 Å². The van der Waals surface area contributed by atoms with Crippen molar-refractivity contribution >= 4 is 33.3 Å². The summed E-state index contributed by atoms with van der Waals surface area (Å²) in [5, 5.41) is 16.0. The number of anilines is 2. The molecule has 0 atom stereocenters. The fraction of sp³-hybridized carbons (Fsp3) is 0.463. The number of aromatic hydroxyl groups is 1. The number of benzene rings is 2. The first-order valence-corrected chi connectivity index (χ1v) is 19.0. The molecule has 3 aromatic heterocycles. The number of ether oxygens (including phenoxy) is 1. The number of halogens is 2. The van der Waals surface area contributed by atoms with Gasteiger partial charge in [0.1, 0.15) is 41.0 Å². The average Bonchev–Trinajstić information content (AvgIpc) is 3.46. The van der Waals surface area contributed by atoms with E-state index in [1.54, 1.807) is 6.20 Å². The van der Waals surface area contributed by atoms with Crippen LogP contribution in [0, 0.1) is 35.8 Å². The summed E-state index contributed by atoms with van der Waals surface area (Å²) >= 11 is 0. The molecule has 0 bridgehead atoms. The van der Waals surface area contributed by atoms with Gasteiger partial charge >= 0.3 is 6.01 Å². The molecule has 3 saturated heterocycles. The van der Waals surface area contributed by atoms with Crippen molar-refractivity contribution < 1.29 is 23.1 Å². The number of phenols is 1. The van der Waals surface area contributed by atoms with Gasteiger partial charge in [-0.3, -0.25) is 9.88 Å². The van der Waals surface area contributed by atoms with E-state index in [1.165, 1.54) is 30.7 Å². The van der Waals surface area contributed by atoms with Crippen molar-refractivity contribution in [2.75, 3.05) is 62.2 Å². The molecular weight excluding hydrogens is 676 g/mol. The third kappa shape index (κ3) is 7.19. The molecule has 3 aliphatic rings. The SMILES string of the molecule is C#Cc1c(F)ccc2cc(O)cc(-c3ncc4c(N5CCCCCC5)nc(OCCN5CCC(CC6CN(c7cc(CC)on7)C6)CC5)nc4c3F)c12. The first-order valence-electron chi connectivity index (χ1n) is 19.0. The topological polar surface area (TPSA) is 104 Å². The summed E-state index contributed by atoms with van der Waals surface area (Å²) in [6, 6.07) is 7.73. The van der Waals surface area contributed by atoms with Crippen LogP contribution in [0.1, 0.15) is 63.2 Å². The number of fused-ring (bicyclic) bond motifs is 2. The first-order chi connectivity index (χ1) is 25.9. The zero-order chi connectivity index (χ0) is 36.5. The molecule has 0 unspecified atom stereocenters. The lowest BCUT2D eigenvalue weighted by molar-refractivity contribution is 0.137. The Bertz CT molecular complexity index is 2150. The van der Waals surface area contributed by atoms with Crippen molar-refractivity contribution in [3.05, 3.63) is 59.5 Å². The minimum absolute atomic E-state index is 0.0251. The van der Waals surface area contributed by atoms with Crippen LogP contribution in [0.15, 0.2) is 41.1 Å². The van der Waals surface area contributed by atoms with Crippen molar-refractivity contribution in [2.24, 2.45) is 11.8 Å². The van der Waals surface area contributed by atoms with Gasteiger partial charge in [-0.2, -0.15) is 9.97 Å². The zero-order valence-corrected chi connectivity index (χ0v) is 30.2. The highest BCUT2D eigenvalue weighted by molar-refractivity contribution is 6.03. The molecular formula is C41H45F2N7O3. The molecule has 3 aliphatic heterocycles. The monoisotopic (exact) mass is 721 g/mol. The van der Waals surface area contributed by atoms with E-state index in [4.69, 9.17) is 20.7 Å². The lowest BCUT2D eigenvalue weighted by Gasteiger charge is -2.42. The number of hydrogen-bond donors (Lipinski definition) is 1. The van der Waals surface area contributed by atoms with Gasteiger partial charge in [0.25, 0.3) is 0 Å². The Balaban J connectivity index is 0.979. The van der Waals surface area contributed by atoms with Gasteiger partial charge in [-0.15, -0.1) is 6.42 Å². The van der Waals surface area contributed by atoms with Crippen LogP contribution in [0.5, 0.6) is 11.8 Å². The second kappa shape index (κ2) is 15.1. The summed E-state index contributed by atoms with van der Waals surface area (Å²) in [4.78, 5) is 20.8. The Morgan fingerprint density at radius 1 is 0.981 bits per heavy atom. The summed E-state index contributed by atoms with van der Waals surface area (Å²) in [7, 11) is 0. The van der Waals surface area contributed by atoms with Crippen molar-refractivity contribution in [1.29, 1.82) is 0 Å². The Morgan fingerprint density at radius 2 is 1.77 bits per heavy atom. The van der Waals surface area contributed by atoms with E-state index < -0.39 is 11.6 Å². The van der Waals surface area contributed by atoms with E-state index >= 15 is 4.39 Å². The van der Waals surface area contributed by atoms with Crippen LogP contribution in [-0.4, -0.2) is 82.5 Å². The number of terminal acetylenes is 1. The highest BCUT2D eigenvalue weighted by Gasteiger charge is 2.32. The Kier molecular flexibility index (Phi) is 10.0. The van der Waals surface area contributed by atoms with E-state index in [1.807, 2.05) is 0 Å². The molecule has 0 amide bonds. The smallest absolute Gasteiger partial charge is 0.319 e. The molecule has 8 rings (SSSR count). The second-order valence-electron chi connectivity index (χ2n) is 14.7. The number of rotatable bonds is 10. The van der Waals surface area contributed by atoms with Crippen LogP contribution in [-0.2, 0) is 6.42 Å². The highest BCUT2D eigenvalue weighted by atomic mass is 19.1. The van der Waals surface area contributed by atoms with Gasteiger partial charge in [0.2, 0.25) is 0 Å². The van der Waals surface area contributed by atoms with Crippen LogP contribution < -0.4 is 14.5 Å². The van der Waals surface area contributed by atoms with Gasteiger partial charge in [0.05, 0.1) is 10.9 Å². The quantitative estimate of drug-likeness (QED) is 0.147. The first kappa shape index (κ1) is 35.0. The molecule has 0 aliphatic carbocycles. The number of nitrogens with zero attached hydrogens (tertiary/aromatic N) is 7. The molecule has 0 saturated carbocycles. The largest absolute Gasteiger partial charge is 0.508 e. The molecule has 276 valence electrons. The van der Waals surface area contributed by atoms with E-state index in [9.17, 15) is 9.50 Å². The van der Waals surface area contributed by atoms with Crippen LogP contribution in [0.2, 0.25) is 0 Å². The lowest BCUT2D eigenvalue weighted by Crippen LogP contribution is -2.48. The minimum atomic E-state index is -0.714. The van der Waals surface area contributed by atoms with E-state index in [0.717, 1.165) is 102 Å². The summed E-state index contributed by atoms with van der Waals surface area (Å²) in [5.41, 5.74) is 0.123. The number of pyridine rings is 1. The van der Waals surface area contributed by atoms with Gasteiger partial charge in [-0.25, -0.2) is 8.78 Å². The number of likely N-dealkylation sites (tertiary alicyclic amines) is 1. The third-order valence-electron chi connectivity index (χ3n) is 11.2. The molecule has 5 aromatic rings. The van der Waals surface area contributed by atoms with Crippen LogP contribution >= 0.6 is 0 Å². The van der Waals surface area contributed by atoms with Crippen molar-refractivity contribution in [1.82, 2.24) is 25.0 Å². The Hall–Kier alpha value is -5.02.